The van der Waals surface area contributed by atoms with Gasteiger partial charge in [-0.05, 0) is 64.9 Å². The summed E-state index contributed by atoms with van der Waals surface area (Å²) in [6, 6.07) is 7.80. The second kappa shape index (κ2) is 6.92. The Kier molecular flexibility index (Phi) is 5.23. The van der Waals surface area contributed by atoms with Crippen molar-refractivity contribution in [1.29, 1.82) is 0 Å². The molecule has 1 atom stereocenters. The third-order valence-electron chi connectivity index (χ3n) is 4.24. The molecule has 0 amide bonds. The van der Waals surface area contributed by atoms with Crippen molar-refractivity contribution < 1.29 is 5.11 Å². The Hall–Kier alpha value is -1.06. The molecule has 3 heteroatoms. The van der Waals surface area contributed by atoms with Crippen LogP contribution in [0.15, 0.2) is 24.3 Å². The molecule has 0 spiro atoms. The van der Waals surface area contributed by atoms with Gasteiger partial charge in [0.1, 0.15) is 5.75 Å². The van der Waals surface area contributed by atoms with E-state index in [0.29, 0.717) is 5.75 Å². The predicted octanol–water partition coefficient (Wildman–Crippen LogP) is 2.77. The van der Waals surface area contributed by atoms with Crippen LogP contribution in [-0.2, 0) is 0 Å². The van der Waals surface area contributed by atoms with Gasteiger partial charge in [-0.2, -0.15) is 0 Å². The monoisotopic (exact) mass is 262 g/mol. The first-order valence-corrected chi connectivity index (χ1v) is 7.36. The normalized spacial score (nSPS) is 19.5. The summed E-state index contributed by atoms with van der Waals surface area (Å²) in [6.07, 6.45) is 3.89. The number of hydrogen-bond acceptors (Lipinski definition) is 3. The zero-order chi connectivity index (χ0) is 13.7. The van der Waals surface area contributed by atoms with Gasteiger partial charge in [-0.25, -0.2) is 0 Å². The van der Waals surface area contributed by atoms with Crippen LogP contribution in [0.4, 0.5) is 0 Å². The zero-order valence-corrected chi connectivity index (χ0v) is 12.1. The van der Waals surface area contributed by atoms with Gasteiger partial charge in [0.25, 0.3) is 0 Å². The van der Waals surface area contributed by atoms with Crippen molar-refractivity contribution >= 4 is 0 Å². The van der Waals surface area contributed by atoms with Crippen molar-refractivity contribution in [3.63, 3.8) is 0 Å². The smallest absolute Gasteiger partial charge is 0.120 e. The molecule has 106 valence electrons. The van der Waals surface area contributed by atoms with Gasteiger partial charge in [0.05, 0.1) is 0 Å². The summed E-state index contributed by atoms with van der Waals surface area (Å²) in [5, 5.41) is 13.3. The molecule has 3 nitrogen and oxygen atoms in total. The van der Waals surface area contributed by atoms with Gasteiger partial charge < -0.3 is 15.3 Å². The zero-order valence-electron chi connectivity index (χ0n) is 12.1. The minimum absolute atomic E-state index is 0.215. The van der Waals surface area contributed by atoms with E-state index in [-0.39, 0.29) is 6.04 Å². The van der Waals surface area contributed by atoms with Gasteiger partial charge in [0.15, 0.2) is 0 Å². The molecule has 1 saturated heterocycles. The maximum Gasteiger partial charge on any atom is 0.120 e. The SMILES string of the molecule is CC(NCCC1CCN(C)CC1)c1ccccc1O. The van der Waals surface area contributed by atoms with Crippen molar-refractivity contribution in [2.24, 2.45) is 5.92 Å². The molecule has 0 bridgehead atoms. The van der Waals surface area contributed by atoms with E-state index in [4.69, 9.17) is 0 Å². The highest BCUT2D eigenvalue weighted by Crippen LogP contribution is 2.24. The molecule has 1 aliphatic heterocycles. The van der Waals surface area contributed by atoms with Gasteiger partial charge in [-0.3, -0.25) is 0 Å². The van der Waals surface area contributed by atoms with Gasteiger partial charge in [-0.15, -0.1) is 0 Å². The number of hydrogen-bond donors (Lipinski definition) is 2. The number of aromatic hydroxyl groups is 1. The molecule has 1 fully saturated rings. The number of phenols is 1. The Morgan fingerprint density at radius 1 is 1.32 bits per heavy atom. The Bertz CT molecular complexity index is 386. The minimum atomic E-state index is 0.215. The summed E-state index contributed by atoms with van der Waals surface area (Å²) in [5.41, 5.74) is 0.992. The van der Waals surface area contributed by atoms with Gasteiger partial charge in [-0.1, -0.05) is 18.2 Å². The summed E-state index contributed by atoms with van der Waals surface area (Å²) in [5.74, 6) is 1.25. The molecule has 0 aromatic heterocycles. The van der Waals surface area contributed by atoms with Crippen LogP contribution in [0, 0.1) is 5.92 Å². The second-order valence-corrected chi connectivity index (χ2v) is 5.77. The van der Waals surface area contributed by atoms with Crippen molar-refractivity contribution in [2.45, 2.75) is 32.2 Å². The molecule has 1 aromatic rings. The summed E-state index contributed by atoms with van der Waals surface area (Å²) in [4.78, 5) is 2.41. The first-order chi connectivity index (χ1) is 9.16. The molecule has 2 N–H and O–H groups in total. The number of rotatable bonds is 5. The van der Waals surface area contributed by atoms with E-state index < -0.39 is 0 Å². The van der Waals surface area contributed by atoms with E-state index in [9.17, 15) is 5.11 Å². The highest BCUT2D eigenvalue weighted by Gasteiger charge is 2.16. The van der Waals surface area contributed by atoms with E-state index in [1.165, 1.54) is 32.4 Å². The number of phenolic OH excluding ortho intramolecular Hbond substituents is 1. The maximum atomic E-state index is 9.81. The van der Waals surface area contributed by atoms with E-state index in [2.05, 4.69) is 24.2 Å². The molecule has 1 unspecified atom stereocenters. The molecular formula is C16H26N2O. The molecule has 0 radical (unpaired) electrons. The fraction of sp³-hybridized carbons (Fsp3) is 0.625. The maximum absolute atomic E-state index is 9.81. The fourth-order valence-corrected chi connectivity index (χ4v) is 2.82. The van der Waals surface area contributed by atoms with Crippen LogP contribution in [0.25, 0.3) is 0 Å². The van der Waals surface area contributed by atoms with Crippen molar-refractivity contribution in [3.05, 3.63) is 29.8 Å². The van der Waals surface area contributed by atoms with Crippen LogP contribution in [0.2, 0.25) is 0 Å². The highest BCUT2D eigenvalue weighted by atomic mass is 16.3. The fourth-order valence-electron chi connectivity index (χ4n) is 2.82. The molecule has 1 aliphatic rings. The molecule has 2 rings (SSSR count). The van der Waals surface area contributed by atoms with Crippen LogP contribution >= 0.6 is 0 Å². The minimum Gasteiger partial charge on any atom is -0.508 e. The lowest BCUT2D eigenvalue weighted by atomic mass is 9.93. The first kappa shape index (κ1) is 14.4. The standard InChI is InChI=1S/C16H26N2O/c1-13(15-5-3-4-6-16(15)19)17-10-7-14-8-11-18(2)12-9-14/h3-6,13-14,17,19H,7-12H2,1-2H3. The predicted molar refractivity (Wildman–Crippen MR) is 79.4 cm³/mol. The van der Waals surface area contributed by atoms with E-state index in [1.807, 2.05) is 18.2 Å². The average molecular weight is 262 g/mol. The lowest BCUT2D eigenvalue weighted by Gasteiger charge is -2.29. The first-order valence-electron chi connectivity index (χ1n) is 7.36. The van der Waals surface area contributed by atoms with Gasteiger partial charge >= 0.3 is 0 Å². The van der Waals surface area contributed by atoms with E-state index in [0.717, 1.165) is 18.0 Å². The largest absolute Gasteiger partial charge is 0.508 e. The third-order valence-corrected chi connectivity index (χ3v) is 4.24. The number of likely N-dealkylation sites (tertiary alicyclic amines) is 1. The Labute approximate surface area is 116 Å². The molecule has 1 heterocycles. The van der Waals surface area contributed by atoms with Crippen LogP contribution in [0.1, 0.15) is 37.8 Å². The number of benzene rings is 1. The van der Waals surface area contributed by atoms with Crippen LogP contribution < -0.4 is 5.32 Å². The Morgan fingerprint density at radius 3 is 2.68 bits per heavy atom. The van der Waals surface area contributed by atoms with E-state index in [1.54, 1.807) is 6.07 Å². The number of piperidine rings is 1. The second-order valence-electron chi connectivity index (χ2n) is 5.77. The van der Waals surface area contributed by atoms with Crippen molar-refractivity contribution in [1.82, 2.24) is 10.2 Å². The van der Waals surface area contributed by atoms with Crippen molar-refractivity contribution in [3.8, 4) is 5.75 Å². The molecule has 0 saturated carbocycles. The summed E-state index contributed by atoms with van der Waals surface area (Å²) in [7, 11) is 2.20. The van der Waals surface area contributed by atoms with Crippen molar-refractivity contribution in [2.75, 3.05) is 26.7 Å². The lowest BCUT2D eigenvalue weighted by Crippen LogP contribution is -2.32. The summed E-state index contributed by atoms with van der Waals surface area (Å²) >= 11 is 0. The molecule has 19 heavy (non-hydrogen) atoms. The van der Waals surface area contributed by atoms with Gasteiger partial charge in [0.2, 0.25) is 0 Å². The summed E-state index contributed by atoms with van der Waals surface area (Å²) < 4.78 is 0. The number of para-hydroxylation sites is 1. The number of nitrogens with zero attached hydrogens (tertiary/aromatic N) is 1. The van der Waals surface area contributed by atoms with E-state index >= 15 is 0 Å². The third kappa shape index (κ3) is 4.22. The molecular weight excluding hydrogens is 236 g/mol. The topological polar surface area (TPSA) is 35.5 Å². The molecule has 0 aliphatic carbocycles. The lowest BCUT2D eigenvalue weighted by molar-refractivity contribution is 0.210. The Morgan fingerprint density at radius 2 is 2.00 bits per heavy atom. The number of nitrogens with one attached hydrogen (secondary N) is 1. The van der Waals surface area contributed by atoms with Crippen LogP contribution in [-0.4, -0.2) is 36.7 Å². The Balaban J connectivity index is 1.72. The average Bonchev–Trinajstić information content (AvgIpc) is 2.41. The summed E-state index contributed by atoms with van der Waals surface area (Å²) in [6.45, 7) is 5.62. The van der Waals surface area contributed by atoms with Crippen LogP contribution in [0.3, 0.4) is 0 Å². The van der Waals surface area contributed by atoms with Gasteiger partial charge in [0, 0.05) is 11.6 Å². The highest BCUT2D eigenvalue weighted by molar-refractivity contribution is 5.34. The quantitative estimate of drug-likeness (QED) is 0.856. The van der Waals surface area contributed by atoms with Crippen LogP contribution in [0.5, 0.6) is 5.75 Å². The molecule has 1 aromatic carbocycles.